The quantitative estimate of drug-likeness (QED) is 0.787. The van der Waals surface area contributed by atoms with Gasteiger partial charge in [-0.3, -0.25) is 0 Å². The van der Waals surface area contributed by atoms with E-state index in [4.69, 9.17) is 18.0 Å². The maximum absolute atomic E-state index is 12.9. The van der Waals surface area contributed by atoms with E-state index in [0.717, 1.165) is 6.07 Å². The summed E-state index contributed by atoms with van der Waals surface area (Å²) in [6.45, 7) is 0. The van der Waals surface area contributed by atoms with E-state index in [2.05, 4.69) is 26.2 Å². The zero-order valence-electron chi connectivity index (χ0n) is 10.4. The number of aromatic nitrogens is 1. The van der Waals surface area contributed by atoms with Gasteiger partial charge in [0.1, 0.15) is 10.8 Å². The summed E-state index contributed by atoms with van der Waals surface area (Å²) < 4.78 is 38.6. The Bertz CT molecular complexity index is 689. The molecule has 2 aromatic rings. The Morgan fingerprint density at radius 1 is 1.29 bits per heavy atom. The van der Waals surface area contributed by atoms with Gasteiger partial charge in [-0.15, -0.1) is 0 Å². The Kier molecular flexibility index (Phi) is 4.48. The fraction of sp³-hybridized carbons (Fsp3) is 0.0769. The van der Waals surface area contributed by atoms with Gasteiger partial charge < -0.3 is 11.1 Å². The van der Waals surface area contributed by atoms with Crippen molar-refractivity contribution in [1.29, 1.82) is 0 Å². The molecule has 0 fully saturated rings. The Morgan fingerprint density at radius 3 is 2.62 bits per heavy atom. The average molecular weight is 376 g/mol. The minimum absolute atomic E-state index is 0.0314. The maximum atomic E-state index is 12.9. The minimum Gasteiger partial charge on any atom is -0.389 e. The van der Waals surface area contributed by atoms with Crippen molar-refractivity contribution in [2.45, 2.75) is 6.18 Å². The van der Waals surface area contributed by atoms with Crippen molar-refractivity contribution in [3.63, 3.8) is 0 Å². The van der Waals surface area contributed by atoms with Crippen LogP contribution in [0.5, 0.6) is 0 Å². The van der Waals surface area contributed by atoms with E-state index < -0.39 is 11.7 Å². The van der Waals surface area contributed by atoms with Gasteiger partial charge in [-0.2, -0.15) is 13.2 Å². The number of hydrogen-bond acceptors (Lipinski definition) is 3. The Morgan fingerprint density at radius 2 is 2.00 bits per heavy atom. The molecule has 1 aromatic heterocycles. The molecule has 0 atom stereocenters. The maximum Gasteiger partial charge on any atom is 0.417 e. The SMILES string of the molecule is NC(=S)c1cccnc1Nc1ccc(Br)c(C(F)(F)F)c1. The van der Waals surface area contributed by atoms with Crippen LogP contribution in [0.2, 0.25) is 0 Å². The number of benzene rings is 1. The Balaban J connectivity index is 2.40. The summed E-state index contributed by atoms with van der Waals surface area (Å²) in [7, 11) is 0. The van der Waals surface area contributed by atoms with Gasteiger partial charge in [-0.1, -0.05) is 28.1 Å². The van der Waals surface area contributed by atoms with Gasteiger partial charge in [0.25, 0.3) is 0 Å². The lowest BCUT2D eigenvalue weighted by atomic mass is 10.2. The van der Waals surface area contributed by atoms with Crippen LogP contribution in [0.25, 0.3) is 0 Å². The van der Waals surface area contributed by atoms with E-state index in [1.54, 1.807) is 12.1 Å². The number of nitrogens with one attached hydrogen (secondary N) is 1. The van der Waals surface area contributed by atoms with E-state index >= 15 is 0 Å². The lowest BCUT2D eigenvalue weighted by molar-refractivity contribution is -0.138. The second kappa shape index (κ2) is 5.98. The standard InChI is InChI=1S/C13H9BrF3N3S/c14-10-4-3-7(6-9(10)13(15,16)17)20-12-8(11(18)21)2-1-5-19-12/h1-6H,(H2,18,21)(H,19,20). The predicted octanol–water partition coefficient (Wildman–Crippen LogP) is 4.24. The fourth-order valence-electron chi connectivity index (χ4n) is 1.66. The number of nitrogens with zero attached hydrogens (tertiary/aromatic N) is 1. The van der Waals surface area contributed by atoms with Gasteiger partial charge in [0.15, 0.2) is 0 Å². The number of anilines is 2. The summed E-state index contributed by atoms with van der Waals surface area (Å²) >= 11 is 7.77. The van der Waals surface area contributed by atoms with Gasteiger partial charge in [0.2, 0.25) is 0 Å². The van der Waals surface area contributed by atoms with Gasteiger partial charge in [0, 0.05) is 16.4 Å². The summed E-state index contributed by atoms with van der Waals surface area (Å²) in [4.78, 5) is 4.15. The van der Waals surface area contributed by atoms with Crippen molar-refractivity contribution >= 4 is 44.6 Å². The van der Waals surface area contributed by atoms with Crippen molar-refractivity contribution in [1.82, 2.24) is 4.98 Å². The van der Waals surface area contributed by atoms with Crippen LogP contribution in [-0.2, 0) is 6.18 Å². The highest BCUT2D eigenvalue weighted by molar-refractivity contribution is 9.10. The molecule has 3 nitrogen and oxygen atoms in total. The lowest BCUT2D eigenvalue weighted by Gasteiger charge is -2.13. The Hall–Kier alpha value is -1.67. The number of halogens is 4. The molecular weight excluding hydrogens is 367 g/mol. The van der Waals surface area contributed by atoms with Crippen LogP contribution >= 0.6 is 28.1 Å². The van der Waals surface area contributed by atoms with Gasteiger partial charge >= 0.3 is 6.18 Å². The van der Waals surface area contributed by atoms with Gasteiger partial charge in [-0.25, -0.2) is 4.98 Å². The van der Waals surface area contributed by atoms with Crippen LogP contribution in [-0.4, -0.2) is 9.97 Å². The van der Waals surface area contributed by atoms with E-state index in [0.29, 0.717) is 11.4 Å². The molecule has 0 saturated carbocycles. The number of rotatable bonds is 3. The van der Waals surface area contributed by atoms with E-state index in [9.17, 15) is 13.2 Å². The van der Waals surface area contributed by atoms with E-state index in [-0.39, 0.29) is 15.1 Å². The van der Waals surface area contributed by atoms with Crippen molar-refractivity contribution in [2.75, 3.05) is 5.32 Å². The van der Waals surface area contributed by atoms with Crippen molar-refractivity contribution < 1.29 is 13.2 Å². The predicted molar refractivity (Wildman–Crippen MR) is 82.6 cm³/mol. The molecule has 110 valence electrons. The molecule has 1 aromatic carbocycles. The Labute approximate surface area is 132 Å². The van der Waals surface area contributed by atoms with Gasteiger partial charge in [0.05, 0.1) is 11.1 Å². The average Bonchev–Trinajstić information content (AvgIpc) is 2.40. The van der Waals surface area contributed by atoms with Gasteiger partial charge in [-0.05, 0) is 30.3 Å². The largest absolute Gasteiger partial charge is 0.417 e. The molecule has 0 unspecified atom stereocenters. The molecule has 0 bridgehead atoms. The first kappa shape index (κ1) is 15.7. The highest BCUT2D eigenvalue weighted by Gasteiger charge is 2.33. The molecule has 3 N–H and O–H groups in total. The zero-order chi connectivity index (χ0) is 15.6. The summed E-state index contributed by atoms with van der Waals surface area (Å²) in [5, 5.41) is 2.79. The monoisotopic (exact) mass is 375 g/mol. The summed E-state index contributed by atoms with van der Waals surface area (Å²) in [5.74, 6) is 0.306. The van der Waals surface area contributed by atoms with Crippen molar-refractivity contribution in [3.8, 4) is 0 Å². The first-order valence-corrected chi connectivity index (χ1v) is 6.88. The van der Waals surface area contributed by atoms with Crippen LogP contribution in [0.15, 0.2) is 41.0 Å². The normalized spacial score (nSPS) is 11.2. The third-order valence-electron chi connectivity index (χ3n) is 2.61. The zero-order valence-corrected chi connectivity index (χ0v) is 12.8. The molecular formula is C13H9BrF3N3S. The molecule has 0 aliphatic rings. The highest BCUT2D eigenvalue weighted by Crippen LogP contribution is 2.36. The first-order valence-electron chi connectivity index (χ1n) is 5.67. The summed E-state index contributed by atoms with van der Waals surface area (Å²) in [6.07, 6.45) is -2.96. The van der Waals surface area contributed by atoms with Crippen LogP contribution < -0.4 is 11.1 Å². The minimum atomic E-state index is -4.45. The number of hydrogen-bond donors (Lipinski definition) is 2. The molecule has 0 aliphatic heterocycles. The number of pyridine rings is 1. The summed E-state index contributed by atoms with van der Waals surface area (Å²) in [5.41, 5.74) is 5.48. The molecule has 0 spiro atoms. The van der Waals surface area contributed by atoms with Crippen molar-refractivity contribution in [3.05, 3.63) is 52.1 Å². The molecule has 0 aliphatic carbocycles. The van der Waals surface area contributed by atoms with E-state index in [1.165, 1.54) is 18.3 Å². The molecule has 2 rings (SSSR count). The van der Waals surface area contributed by atoms with Crippen LogP contribution in [0, 0.1) is 0 Å². The number of thiocarbonyl (C=S) groups is 1. The molecule has 0 amide bonds. The van der Waals surface area contributed by atoms with Crippen molar-refractivity contribution in [2.24, 2.45) is 5.73 Å². The smallest absolute Gasteiger partial charge is 0.389 e. The number of nitrogens with two attached hydrogens (primary N) is 1. The topological polar surface area (TPSA) is 50.9 Å². The lowest BCUT2D eigenvalue weighted by Crippen LogP contribution is -2.13. The molecule has 0 saturated heterocycles. The van der Waals surface area contributed by atoms with E-state index in [1.807, 2.05) is 0 Å². The second-order valence-corrected chi connectivity index (χ2v) is 5.38. The fourth-order valence-corrected chi connectivity index (χ4v) is 2.30. The van der Waals surface area contributed by atoms with Crippen LogP contribution in [0.1, 0.15) is 11.1 Å². The third-order valence-corrected chi connectivity index (χ3v) is 3.52. The number of alkyl halides is 3. The molecule has 21 heavy (non-hydrogen) atoms. The molecule has 1 heterocycles. The highest BCUT2D eigenvalue weighted by atomic mass is 79.9. The third kappa shape index (κ3) is 3.70. The molecule has 0 radical (unpaired) electrons. The molecule has 8 heteroatoms. The van der Waals surface area contributed by atoms with Crippen LogP contribution in [0.3, 0.4) is 0 Å². The van der Waals surface area contributed by atoms with Crippen LogP contribution in [0.4, 0.5) is 24.7 Å². The first-order chi connectivity index (χ1) is 9.79. The second-order valence-electron chi connectivity index (χ2n) is 4.08. The summed E-state index contributed by atoms with van der Waals surface area (Å²) in [6, 6.07) is 7.08.